The maximum Gasteiger partial charge on any atom is 0.317 e. The minimum Gasteiger partial charge on any atom is -0.338 e. The van der Waals surface area contributed by atoms with E-state index in [2.05, 4.69) is 15.2 Å². The lowest BCUT2D eigenvalue weighted by atomic mass is 9.93. The molecule has 0 aromatic carbocycles. The van der Waals surface area contributed by atoms with Crippen molar-refractivity contribution >= 4 is 6.03 Å². The number of amides is 2. The summed E-state index contributed by atoms with van der Waals surface area (Å²) < 4.78 is 0. The van der Waals surface area contributed by atoms with Crippen molar-refractivity contribution in [1.29, 1.82) is 0 Å². The van der Waals surface area contributed by atoms with Crippen LogP contribution in [0.5, 0.6) is 0 Å². The summed E-state index contributed by atoms with van der Waals surface area (Å²) in [5.41, 5.74) is 1.17. The molecule has 0 spiro atoms. The van der Waals surface area contributed by atoms with Gasteiger partial charge in [0.2, 0.25) is 0 Å². The van der Waals surface area contributed by atoms with Crippen LogP contribution in [-0.4, -0.2) is 59.6 Å². The lowest BCUT2D eigenvalue weighted by Crippen LogP contribution is -2.55. The molecule has 2 amide bonds. The first-order valence-electron chi connectivity index (χ1n) is 9.45. The Kier molecular flexibility index (Phi) is 4.69. The van der Waals surface area contributed by atoms with Gasteiger partial charge in [0.15, 0.2) is 0 Å². The summed E-state index contributed by atoms with van der Waals surface area (Å²) in [6, 6.07) is 4.88. The minimum absolute atomic E-state index is 0.0893. The zero-order valence-corrected chi connectivity index (χ0v) is 14.4. The van der Waals surface area contributed by atoms with Gasteiger partial charge in [0.05, 0.1) is 0 Å². The van der Waals surface area contributed by atoms with Crippen molar-refractivity contribution in [3.63, 3.8) is 0 Å². The van der Waals surface area contributed by atoms with Crippen LogP contribution in [0.1, 0.15) is 31.2 Å². The van der Waals surface area contributed by atoms with Crippen LogP contribution in [0.15, 0.2) is 24.5 Å². The molecule has 4 rings (SSSR count). The first kappa shape index (κ1) is 15.9. The normalized spacial score (nSPS) is 29.8. The van der Waals surface area contributed by atoms with Gasteiger partial charge in [-0.3, -0.25) is 9.88 Å². The van der Waals surface area contributed by atoms with E-state index in [9.17, 15) is 4.79 Å². The molecule has 1 aromatic heterocycles. The second-order valence-corrected chi connectivity index (χ2v) is 7.61. The molecule has 2 heterocycles. The molecule has 2 aliphatic carbocycles. The second kappa shape index (κ2) is 7.09. The number of piperazine rings is 1. The van der Waals surface area contributed by atoms with Crippen molar-refractivity contribution in [2.75, 3.05) is 32.7 Å². The molecular weight excluding hydrogens is 300 g/mol. The van der Waals surface area contributed by atoms with Gasteiger partial charge >= 0.3 is 6.03 Å². The number of urea groups is 1. The number of hydrogen-bond donors (Lipinski definition) is 1. The van der Waals surface area contributed by atoms with Gasteiger partial charge in [-0.05, 0) is 49.1 Å². The molecule has 3 atom stereocenters. The molecule has 1 aliphatic heterocycles. The minimum atomic E-state index is 0.0893. The van der Waals surface area contributed by atoms with Crippen LogP contribution in [0.3, 0.4) is 0 Å². The van der Waals surface area contributed by atoms with Crippen molar-refractivity contribution < 1.29 is 4.79 Å². The number of rotatable bonds is 4. The molecule has 1 N–H and O–H groups in total. The quantitative estimate of drug-likeness (QED) is 0.921. The SMILES string of the molecule is O=C(NCCc1cccnc1)N1CCN(C2CC3CCC2C3)CC1. The Labute approximate surface area is 144 Å². The lowest BCUT2D eigenvalue weighted by Gasteiger charge is -2.41. The number of nitrogens with one attached hydrogen (secondary N) is 1. The predicted octanol–water partition coefficient (Wildman–Crippen LogP) is 2.14. The molecule has 3 aliphatic rings. The summed E-state index contributed by atoms with van der Waals surface area (Å²) in [6.07, 6.45) is 10.2. The van der Waals surface area contributed by atoms with E-state index in [1.165, 1.54) is 31.2 Å². The van der Waals surface area contributed by atoms with Crippen LogP contribution in [-0.2, 0) is 6.42 Å². The summed E-state index contributed by atoms with van der Waals surface area (Å²) in [5.74, 6) is 1.93. The van der Waals surface area contributed by atoms with Crippen molar-refractivity contribution in [1.82, 2.24) is 20.1 Å². The van der Waals surface area contributed by atoms with Crippen molar-refractivity contribution in [3.8, 4) is 0 Å². The maximum absolute atomic E-state index is 12.3. The molecular formula is C19H28N4O. The number of fused-ring (bicyclic) bond motifs is 2. The monoisotopic (exact) mass is 328 g/mol. The topological polar surface area (TPSA) is 48.5 Å². The average Bonchev–Trinajstić information content (AvgIpc) is 3.26. The van der Waals surface area contributed by atoms with Crippen LogP contribution in [0.4, 0.5) is 4.79 Å². The molecule has 1 saturated heterocycles. The molecule has 24 heavy (non-hydrogen) atoms. The third-order valence-corrected chi connectivity index (χ3v) is 6.18. The van der Waals surface area contributed by atoms with E-state index in [4.69, 9.17) is 0 Å². The molecule has 3 fully saturated rings. The number of carbonyl (C=O) groups is 1. The van der Waals surface area contributed by atoms with E-state index in [1.807, 2.05) is 23.2 Å². The highest BCUT2D eigenvalue weighted by Crippen LogP contribution is 2.46. The first-order chi connectivity index (χ1) is 11.8. The third kappa shape index (κ3) is 3.41. The Balaban J connectivity index is 1.19. The highest BCUT2D eigenvalue weighted by molar-refractivity contribution is 5.74. The van der Waals surface area contributed by atoms with Gasteiger partial charge in [0, 0.05) is 51.2 Å². The highest BCUT2D eigenvalue weighted by Gasteiger charge is 2.42. The van der Waals surface area contributed by atoms with Crippen LogP contribution in [0, 0.1) is 11.8 Å². The molecule has 5 heteroatoms. The molecule has 5 nitrogen and oxygen atoms in total. The number of aromatic nitrogens is 1. The van der Waals surface area contributed by atoms with Crippen LogP contribution in [0.2, 0.25) is 0 Å². The largest absolute Gasteiger partial charge is 0.338 e. The number of carbonyl (C=O) groups excluding carboxylic acids is 1. The van der Waals surface area contributed by atoms with E-state index in [0.717, 1.165) is 50.5 Å². The standard InChI is InChI=1S/C19H28N4O/c24-19(21-7-5-15-2-1-6-20-14-15)23-10-8-22(9-11-23)18-13-16-3-4-17(18)12-16/h1-2,6,14,16-18H,3-5,7-13H2,(H,21,24). The lowest BCUT2D eigenvalue weighted by molar-refractivity contribution is 0.0828. The van der Waals surface area contributed by atoms with Gasteiger partial charge in [-0.25, -0.2) is 4.79 Å². The fourth-order valence-electron chi connectivity index (χ4n) is 4.89. The van der Waals surface area contributed by atoms with Gasteiger partial charge in [-0.2, -0.15) is 0 Å². The zero-order chi connectivity index (χ0) is 16.4. The average molecular weight is 328 g/mol. The molecule has 1 aromatic rings. The van der Waals surface area contributed by atoms with E-state index in [0.29, 0.717) is 6.54 Å². The Morgan fingerprint density at radius 2 is 2.08 bits per heavy atom. The van der Waals surface area contributed by atoms with Crippen LogP contribution < -0.4 is 5.32 Å². The van der Waals surface area contributed by atoms with Crippen molar-refractivity contribution in [2.45, 2.75) is 38.1 Å². The second-order valence-electron chi connectivity index (χ2n) is 7.61. The van der Waals surface area contributed by atoms with E-state index >= 15 is 0 Å². The van der Waals surface area contributed by atoms with Gasteiger partial charge in [0.25, 0.3) is 0 Å². The van der Waals surface area contributed by atoms with Gasteiger partial charge < -0.3 is 10.2 Å². The van der Waals surface area contributed by atoms with Crippen molar-refractivity contribution in [2.24, 2.45) is 11.8 Å². The molecule has 130 valence electrons. The molecule has 0 radical (unpaired) electrons. The fourth-order valence-corrected chi connectivity index (χ4v) is 4.89. The van der Waals surface area contributed by atoms with E-state index in [1.54, 1.807) is 6.20 Å². The molecule has 2 bridgehead atoms. The zero-order valence-electron chi connectivity index (χ0n) is 14.4. The van der Waals surface area contributed by atoms with Gasteiger partial charge in [-0.1, -0.05) is 12.5 Å². The van der Waals surface area contributed by atoms with Gasteiger partial charge in [-0.15, -0.1) is 0 Å². The van der Waals surface area contributed by atoms with Crippen LogP contribution >= 0.6 is 0 Å². The summed E-state index contributed by atoms with van der Waals surface area (Å²) in [4.78, 5) is 21.1. The molecule has 2 saturated carbocycles. The highest BCUT2D eigenvalue weighted by atomic mass is 16.2. The van der Waals surface area contributed by atoms with Gasteiger partial charge in [0.1, 0.15) is 0 Å². The summed E-state index contributed by atoms with van der Waals surface area (Å²) >= 11 is 0. The maximum atomic E-state index is 12.3. The Bertz CT molecular complexity index is 556. The predicted molar refractivity (Wildman–Crippen MR) is 93.7 cm³/mol. The summed E-state index contributed by atoms with van der Waals surface area (Å²) in [5, 5.41) is 3.05. The Hall–Kier alpha value is -1.62. The molecule has 3 unspecified atom stereocenters. The smallest absolute Gasteiger partial charge is 0.317 e. The van der Waals surface area contributed by atoms with Crippen molar-refractivity contribution in [3.05, 3.63) is 30.1 Å². The number of pyridine rings is 1. The number of hydrogen-bond acceptors (Lipinski definition) is 3. The fraction of sp³-hybridized carbons (Fsp3) is 0.684. The Morgan fingerprint density at radius 1 is 1.21 bits per heavy atom. The summed E-state index contributed by atoms with van der Waals surface area (Å²) in [7, 11) is 0. The van der Waals surface area contributed by atoms with Crippen LogP contribution in [0.25, 0.3) is 0 Å². The third-order valence-electron chi connectivity index (χ3n) is 6.18. The van der Waals surface area contributed by atoms with E-state index in [-0.39, 0.29) is 6.03 Å². The van der Waals surface area contributed by atoms with E-state index < -0.39 is 0 Å². The first-order valence-corrected chi connectivity index (χ1v) is 9.45. The number of nitrogens with zero attached hydrogens (tertiary/aromatic N) is 3. The Morgan fingerprint density at radius 3 is 2.75 bits per heavy atom. The summed E-state index contributed by atoms with van der Waals surface area (Å²) in [6.45, 7) is 4.50.